The number of alkyl carbamates (subject to hydrolysis) is 1. The summed E-state index contributed by atoms with van der Waals surface area (Å²) in [4.78, 5) is 51.6. The summed E-state index contributed by atoms with van der Waals surface area (Å²) in [6.45, 7) is 14.0. The fourth-order valence-corrected chi connectivity index (χ4v) is 4.84. The van der Waals surface area contributed by atoms with Crippen LogP contribution in [0.5, 0.6) is 0 Å². The quantitative estimate of drug-likeness (QED) is 0.281. The third-order valence-corrected chi connectivity index (χ3v) is 6.63. The molecule has 1 aliphatic carbocycles. The predicted octanol–water partition coefficient (Wildman–Crippen LogP) is 5.50. The van der Waals surface area contributed by atoms with Crippen molar-refractivity contribution in [3.05, 3.63) is 59.7 Å². The summed E-state index contributed by atoms with van der Waals surface area (Å²) in [5, 5.41) is 5.34. The summed E-state index contributed by atoms with van der Waals surface area (Å²) in [7, 11) is 0. The molecule has 2 amide bonds. The minimum atomic E-state index is -1.12. The van der Waals surface area contributed by atoms with Crippen molar-refractivity contribution in [2.75, 3.05) is 6.61 Å². The highest BCUT2D eigenvalue weighted by Crippen LogP contribution is 2.44. The molecular formula is C33H44N2O7. The normalized spacial score (nSPS) is 14.3. The molecule has 228 valence electrons. The van der Waals surface area contributed by atoms with Gasteiger partial charge in [0.15, 0.2) is 0 Å². The fraction of sp³-hybridized carbons (Fsp3) is 0.515. The molecule has 9 nitrogen and oxygen atoms in total. The zero-order valence-corrected chi connectivity index (χ0v) is 25.9. The summed E-state index contributed by atoms with van der Waals surface area (Å²) >= 11 is 0. The van der Waals surface area contributed by atoms with Gasteiger partial charge in [-0.3, -0.25) is 9.59 Å². The lowest BCUT2D eigenvalue weighted by molar-refractivity contribution is -0.160. The van der Waals surface area contributed by atoms with E-state index < -0.39 is 47.2 Å². The molecule has 1 aliphatic rings. The van der Waals surface area contributed by atoms with Crippen molar-refractivity contribution < 1.29 is 33.4 Å². The van der Waals surface area contributed by atoms with E-state index in [1.807, 2.05) is 36.4 Å². The van der Waals surface area contributed by atoms with Crippen molar-refractivity contribution >= 4 is 23.9 Å². The molecule has 0 spiro atoms. The van der Waals surface area contributed by atoms with Gasteiger partial charge in [0, 0.05) is 12.3 Å². The maximum Gasteiger partial charge on any atom is 0.407 e. The first-order valence-corrected chi connectivity index (χ1v) is 14.4. The Kier molecular flexibility index (Phi) is 10.4. The van der Waals surface area contributed by atoms with E-state index in [-0.39, 0.29) is 31.3 Å². The topological polar surface area (TPSA) is 120 Å². The number of benzene rings is 2. The predicted molar refractivity (Wildman–Crippen MR) is 160 cm³/mol. The number of esters is 2. The van der Waals surface area contributed by atoms with Crippen LogP contribution in [0.3, 0.4) is 0 Å². The Morgan fingerprint density at radius 1 is 0.786 bits per heavy atom. The van der Waals surface area contributed by atoms with Gasteiger partial charge in [-0.15, -0.1) is 0 Å². The first-order chi connectivity index (χ1) is 19.6. The maximum atomic E-state index is 13.4. The van der Waals surface area contributed by atoms with Crippen molar-refractivity contribution in [1.29, 1.82) is 0 Å². The van der Waals surface area contributed by atoms with Gasteiger partial charge in [-0.2, -0.15) is 0 Å². The van der Waals surface area contributed by atoms with E-state index in [0.29, 0.717) is 0 Å². The first-order valence-electron chi connectivity index (χ1n) is 14.4. The number of carbonyl (C=O) groups excluding carboxylic acids is 4. The molecule has 0 heterocycles. The number of carbonyl (C=O) groups is 4. The second-order valence-corrected chi connectivity index (χ2v) is 12.9. The molecule has 3 rings (SSSR count). The number of nitrogens with one attached hydrogen (secondary N) is 2. The Bertz CT molecular complexity index is 1240. The van der Waals surface area contributed by atoms with Gasteiger partial charge in [0.2, 0.25) is 5.91 Å². The van der Waals surface area contributed by atoms with Crippen LogP contribution in [0.4, 0.5) is 4.79 Å². The molecule has 2 aromatic rings. The largest absolute Gasteiger partial charge is 0.460 e. The molecule has 0 saturated heterocycles. The molecule has 0 aliphatic heterocycles. The standard InChI is InChI=1S/C33H44N2O7/c1-20(2)28(29(37)34-26(30(38)42-33(6,7)8)17-18-27(36)41-32(3,4)5)35-31(39)40-19-25-23-15-11-9-13-21(23)22-14-10-12-16-24(22)25/h9-16,20,25-26,28H,17-19H2,1-8H3,(H,34,37)(H,35,39)/t26-,28+/m0/s1. The number of hydrogen-bond acceptors (Lipinski definition) is 7. The fourth-order valence-electron chi connectivity index (χ4n) is 4.84. The smallest absolute Gasteiger partial charge is 0.407 e. The van der Waals surface area contributed by atoms with Crippen molar-refractivity contribution in [2.24, 2.45) is 5.92 Å². The van der Waals surface area contributed by atoms with Gasteiger partial charge in [0.05, 0.1) is 0 Å². The van der Waals surface area contributed by atoms with Crippen LogP contribution < -0.4 is 10.6 Å². The number of amides is 2. The summed E-state index contributed by atoms with van der Waals surface area (Å²) in [5.41, 5.74) is 2.90. The number of ether oxygens (including phenoxy) is 3. The van der Waals surface area contributed by atoms with Gasteiger partial charge in [0.1, 0.15) is 29.9 Å². The Balaban J connectivity index is 1.66. The zero-order valence-electron chi connectivity index (χ0n) is 25.9. The molecule has 0 bridgehead atoms. The van der Waals surface area contributed by atoms with Gasteiger partial charge in [0.25, 0.3) is 0 Å². The Labute approximate surface area is 248 Å². The lowest BCUT2D eigenvalue weighted by atomic mass is 9.98. The SMILES string of the molecule is CC(C)[C@@H](NC(=O)OCC1c2ccccc2-c2ccccc21)C(=O)N[C@@H](CCC(=O)OC(C)(C)C)C(=O)OC(C)(C)C. The highest BCUT2D eigenvalue weighted by Gasteiger charge is 2.33. The molecule has 0 aromatic heterocycles. The van der Waals surface area contributed by atoms with Crippen LogP contribution in [0.15, 0.2) is 48.5 Å². The molecule has 0 fully saturated rings. The lowest BCUT2D eigenvalue weighted by Gasteiger charge is -2.27. The second kappa shape index (κ2) is 13.4. The van der Waals surface area contributed by atoms with Crippen molar-refractivity contribution in [3.63, 3.8) is 0 Å². The number of rotatable bonds is 10. The summed E-state index contributed by atoms with van der Waals surface area (Å²) in [6.07, 6.45) is -0.868. The summed E-state index contributed by atoms with van der Waals surface area (Å²) < 4.78 is 16.5. The monoisotopic (exact) mass is 580 g/mol. The van der Waals surface area contributed by atoms with Crippen LogP contribution in [-0.4, -0.2) is 53.8 Å². The van der Waals surface area contributed by atoms with E-state index in [1.165, 1.54) is 0 Å². The molecule has 2 N–H and O–H groups in total. The van der Waals surface area contributed by atoms with Crippen LogP contribution in [0.25, 0.3) is 11.1 Å². The summed E-state index contributed by atoms with van der Waals surface area (Å²) in [6, 6.07) is 13.9. The molecule has 2 atom stereocenters. The minimum absolute atomic E-state index is 0.0225. The lowest BCUT2D eigenvalue weighted by Crippen LogP contribution is -2.54. The molecule has 0 radical (unpaired) electrons. The molecule has 0 saturated carbocycles. The minimum Gasteiger partial charge on any atom is -0.460 e. The highest BCUT2D eigenvalue weighted by molar-refractivity contribution is 5.90. The third kappa shape index (κ3) is 9.06. The third-order valence-electron chi connectivity index (χ3n) is 6.63. The molecule has 9 heteroatoms. The molecule has 0 unspecified atom stereocenters. The zero-order chi connectivity index (χ0) is 31.2. The van der Waals surface area contributed by atoms with Crippen molar-refractivity contribution in [2.45, 2.75) is 97.4 Å². The molecular weight excluding hydrogens is 536 g/mol. The maximum absolute atomic E-state index is 13.4. The Morgan fingerprint density at radius 2 is 1.31 bits per heavy atom. The van der Waals surface area contributed by atoms with Crippen LogP contribution in [0.1, 0.15) is 85.3 Å². The van der Waals surface area contributed by atoms with Crippen molar-refractivity contribution in [1.82, 2.24) is 10.6 Å². The Morgan fingerprint density at radius 3 is 1.81 bits per heavy atom. The van der Waals surface area contributed by atoms with E-state index in [4.69, 9.17) is 14.2 Å². The molecule has 42 heavy (non-hydrogen) atoms. The van der Waals surface area contributed by atoms with Gasteiger partial charge in [-0.05, 0) is 76.1 Å². The van der Waals surface area contributed by atoms with E-state index in [0.717, 1.165) is 22.3 Å². The molecule has 2 aromatic carbocycles. The van der Waals surface area contributed by atoms with Crippen LogP contribution >= 0.6 is 0 Å². The first kappa shape index (κ1) is 32.6. The van der Waals surface area contributed by atoms with E-state index in [1.54, 1.807) is 55.4 Å². The number of fused-ring (bicyclic) bond motifs is 3. The number of hydrogen-bond donors (Lipinski definition) is 2. The van der Waals surface area contributed by atoms with Gasteiger partial charge >= 0.3 is 18.0 Å². The van der Waals surface area contributed by atoms with E-state index >= 15 is 0 Å². The van der Waals surface area contributed by atoms with E-state index in [2.05, 4.69) is 22.8 Å². The van der Waals surface area contributed by atoms with Crippen LogP contribution in [0, 0.1) is 5.92 Å². The van der Waals surface area contributed by atoms with Crippen LogP contribution in [0.2, 0.25) is 0 Å². The van der Waals surface area contributed by atoms with Crippen molar-refractivity contribution in [3.8, 4) is 11.1 Å². The van der Waals surface area contributed by atoms with Gasteiger partial charge in [-0.25, -0.2) is 9.59 Å². The van der Waals surface area contributed by atoms with Gasteiger partial charge in [-0.1, -0.05) is 62.4 Å². The summed E-state index contributed by atoms with van der Waals surface area (Å²) in [5.74, 6) is -2.21. The Hall–Kier alpha value is -3.88. The van der Waals surface area contributed by atoms with Gasteiger partial charge < -0.3 is 24.8 Å². The van der Waals surface area contributed by atoms with Crippen LogP contribution in [-0.2, 0) is 28.6 Å². The second-order valence-electron chi connectivity index (χ2n) is 12.9. The average Bonchev–Trinajstić information content (AvgIpc) is 3.19. The highest BCUT2D eigenvalue weighted by atomic mass is 16.6. The van der Waals surface area contributed by atoms with E-state index in [9.17, 15) is 19.2 Å². The average molecular weight is 581 g/mol.